The molecule has 0 atom stereocenters. The monoisotopic (exact) mass is 536 g/mol. The lowest BCUT2D eigenvalue weighted by Gasteiger charge is -2.35. The fourth-order valence-electron chi connectivity index (χ4n) is 2.47. The molecule has 2 amide bonds. The third kappa shape index (κ3) is 5.38. The highest BCUT2D eigenvalue weighted by Gasteiger charge is 2.84. The van der Waals surface area contributed by atoms with E-state index in [4.69, 9.17) is 23.2 Å². The van der Waals surface area contributed by atoms with Crippen LogP contribution in [0.5, 0.6) is 0 Å². The zero-order valence-corrected chi connectivity index (χ0v) is 18.1. The molecule has 0 radical (unpaired) electrons. The van der Waals surface area contributed by atoms with E-state index in [9.17, 15) is 44.7 Å². The minimum atomic E-state index is -6.95. The first-order valence-electron chi connectivity index (χ1n) is 9.11. The van der Waals surface area contributed by atoms with Gasteiger partial charge in [0.15, 0.2) is 0 Å². The zero-order valence-electron chi connectivity index (χ0n) is 16.6. The number of rotatable bonds is 9. The first-order chi connectivity index (χ1) is 15.5. The summed E-state index contributed by atoms with van der Waals surface area (Å²) in [6, 6.07) is 9.83. The quantitative estimate of drug-likeness (QED) is 0.418. The van der Waals surface area contributed by atoms with E-state index >= 15 is 0 Å². The molecule has 34 heavy (non-hydrogen) atoms. The number of nitrogens with one attached hydrogen (secondary N) is 2. The molecule has 0 spiro atoms. The second-order valence-corrected chi connectivity index (χ2v) is 7.79. The van der Waals surface area contributed by atoms with Crippen LogP contribution in [0.4, 0.5) is 35.1 Å². The first kappa shape index (κ1) is 27.6. The Morgan fingerprint density at radius 1 is 0.588 bits per heavy atom. The highest BCUT2D eigenvalue weighted by atomic mass is 35.5. The number of halogens is 10. The molecule has 0 aromatic heterocycles. The second-order valence-electron chi connectivity index (χ2n) is 6.92. The summed E-state index contributed by atoms with van der Waals surface area (Å²) in [6.07, 6.45) is 0. The topological polar surface area (TPSA) is 58.2 Å². The van der Waals surface area contributed by atoms with Crippen molar-refractivity contribution in [3.05, 3.63) is 69.7 Å². The van der Waals surface area contributed by atoms with Crippen molar-refractivity contribution >= 4 is 35.0 Å². The van der Waals surface area contributed by atoms with E-state index in [2.05, 4.69) is 0 Å². The number of carbonyl (C=O) groups is 2. The largest absolute Gasteiger partial charge is 0.392 e. The minimum absolute atomic E-state index is 0.0653. The van der Waals surface area contributed by atoms with E-state index in [-0.39, 0.29) is 21.2 Å². The van der Waals surface area contributed by atoms with Gasteiger partial charge in [-0.2, -0.15) is 35.1 Å². The van der Waals surface area contributed by atoms with Gasteiger partial charge in [0.25, 0.3) is 11.8 Å². The lowest BCUT2D eigenvalue weighted by Crippen LogP contribution is -2.68. The molecule has 2 N–H and O–H groups in total. The average Bonchev–Trinajstić information content (AvgIpc) is 2.77. The molecule has 4 nitrogen and oxygen atoms in total. The van der Waals surface area contributed by atoms with Crippen molar-refractivity contribution in [3.8, 4) is 0 Å². The van der Waals surface area contributed by atoms with Gasteiger partial charge < -0.3 is 10.6 Å². The fourth-order valence-corrected chi connectivity index (χ4v) is 2.72. The van der Waals surface area contributed by atoms with E-state index in [1.807, 2.05) is 0 Å². The summed E-state index contributed by atoms with van der Waals surface area (Å²) >= 11 is 11.2. The Balaban J connectivity index is 2.17. The van der Waals surface area contributed by atoms with Crippen molar-refractivity contribution in [2.24, 2.45) is 0 Å². The molecular weight excluding hydrogens is 523 g/mol. The van der Waals surface area contributed by atoms with Crippen LogP contribution >= 0.6 is 23.2 Å². The van der Waals surface area contributed by atoms with Gasteiger partial charge in [-0.3, -0.25) is 9.59 Å². The fraction of sp³-hybridized carbons (Fsp3) is 0.300. The van der Waals surface area contributed by atoms with Gasteiger partial charge in [-0.25, -0.2) is 0 Å². The summed E-state index contributed by atoms with van der Waals surface area (Å²) in [5.41, 5.74) is 0.131. The van der Waals surface area contributed by atoms with Crippen LogP contribution in [0.15, 0.2) is 48.5 Å². The molecular formula is C20H14Cl2F8N2O2. The van der Waals surface area contributed by atoms with Gasteiger partial charge in [0, 0.05) is 23.1 Å². The first-order valence-corrected chi connectivity index (χ1v) is 9.86. The Bertz CT molecular complexity index is 948. The van der Waals surface area contributed by atoms with Gasteiger partial charge in [0.05, 0.1) is 0 Å². The molecule has 0 aliphatic rings. The number of hydrogen-bond acceptors (Lipinski definition) is 2. The predicted octanol–water partition coefficient (Wildman–Crippen LogP) is 5.47. The molecule has 0 bridgehead atoms. The van der Waals surface area contributed by atoms with E-state index < -0.39 is 48.6 Å². The summed E-state index contributed by atoms with van der Waals surface area (Å²) in [5, 5.41) is 2.96. The molecule has 2 aromatic carbocycles. The van der Waals surface area contributed by atoms with E-state index in [0.717, 1.165) is 0 Å². The van der Waals surface area contributed by atoms with Crippen LogP contribution in [0.25, 0.3) is 0 Å². The Hall–Kier alpha value is -2.60. The Morgan fingerprint density at radius 3 is 1.12 bits per heavy atom. The van der Waals surface area contributed by atoms with Crippen LogP contribution in [0.3, 0.4) is 0 Å². The van der Waals surface area contributed by atoms with Crippen molar-refractivity contribution in [1.82, 2.24) is 10.6 Å². The highest BCUT2D eigenvalue weighted by Crippen LogP contribution is 2.52. The highest BCUT2D eigenvalue weighted by molar-refractivity contribution is 6.30. The number of alkyl halides is 8. The Morgan fingerprint density at radius 2 is 0.853 bits per heavy atom. The van der Waals surface area contributed by atoms with Gasteiger partial charge in [0.2, 0.25) is 0 Å². The van der Waals surface area contributed by atoms with E-state index in [1.165, 1.54) is 59.2 Å². The van der Waals surface area contributed by atoms with E-state index in [0.29, 0.717) is 0 Å². The SMILES string of the molecule is O=C(NCc1ccc(Cl)cc1)C(F)(F)C(F)(F)C(F)(F)C(F)(F)C(=O)NCc1ccc(Cl)cc1. The number of hydrogen-bond donors (Lipinski definition) is 2. The number of benzene rings is 2. The molecule has 0 saturated heterocycles. The summed E-state index contributed by atoms with van der Waals surface area (Å²) < 4.78 is 112. The minimum Gasteiger partial charge on any atom is -0.347 e. The molecule has 0 aliphatic carbocycles. The Labute approximate surface area is 197 Å². The van der Waals surface area contributed by atoms with Crippen LogP contribution in [0.2, 0.25) is 10.0 Å². The molecule has 0 aliphatic heterocycles. The van der Waals surface area contributed by atoms with Crippen LogP contribution in [0, 0.1) is 0 Å². The molecule has 186 valence electrons. The lowest BCUT2D eigenvalue weighted by molar-refractivity contribution is -0.347. The summed E-state index contributed by atoms with van der Waals surface area (Å²) in [7, 11) is 0. The third-order valence-electron chi connectivity index (χ3n) is 4.49. The van der Waals surface area contributed by atoms with Crippen molar-refractivity contribution in [3.63, 3.8) is 0 Å². The van der Waals surface area contributed by atoms with Crippen LogP contribution in [-0.2, 0) is 22.7 Å². The van der Waals surface area contributed by atoms with Crippen molar-refractivity contribution < 1.29 is 44.7 Å². The van der Waals surface area contributed by atoms with Gasteiger partial charge in [-0.1, -0.05) is 47.5 Å². The van der Waals surface area contributed by atoms with Gasteiger partial charge in [-0.05, 0) is 35.4 Å². The van der Waals surface area contributed by atoms with Crippen LogP contribution in [0.1, 0.15) is 11.1 Å². The maximum Gasteiger partial charge on any atom is 0.392 e. The van der Waals surface area contributed by atoms with Gasteiger partial charge in [0.1, 0.15) is 0 Å². The normalized spacial score (nSPS) is 12.9. The molecule has 0 fully saturated rings. The lowest BCUT2D eigenvalue weighted by atomic mass is 9.97. The molecule has 0 saturated carbocycles. The summed E-state index contributed by atoms with van der Waals surface area (Å²) in [6.45, 7) is -1.66. The molecule has 0 unspecified atom stereocenters. The van der Waals surface area contributed by atoms with Gasteiger partial charge in [-0.15, -0.1) is 0 Å². The summed E-state index contributed by atoms with van der Waals surface area (Å²) in [5.74, 6) is -32.4. The van der Waals surface area contributed by atoms with Crippen LogP contribution < -0.4 is 10.6 Å². The zero-order chi connectivity index (χ0) is 25.9. The number of amides is 2. The molecule has 14 heteroatoms. The van der Waals surface area contributed by atoms with E-state index in [1.54, 1.807) is 0 Å². The van der Waals surface area contributed by atoms with Crippen molar-refractivity contribution in [2.75, 3.05) is 0 Å². The summed E-state index contributed by atoms with van der Waals surface area (Å²) in [4.78, 5) is 23.2. The van der Waals surface area contributed by atoms with Crippen molar-refractivity contribution in [1.29, 1.82) is 0 Å². The standard InChI is InChI=1S/C20H14Cl2F8N2O2/c21-13-5-1-11(2-6-13)9-31-15(33)17(23,24)19(27,28)20(29,30)18(25,26)16(34)32-10-12-3-7-14(22)8-4-12/h1-8H,9-10H2,(H,31,33)(H,32,34). The maximum absolute atomic E-state index is 14.0. The Kier molecular flexibility index (Phi) is 8.09. The predicted molar refractivity (Wildman–Crippen MR) is 106 cm³/mol. The smallest absolute Gasteiger partial charge is 0.347 e. The second kappa shape index (κ2) is 9.95. The molecule has 2 aromatic rings. The average molecular weight is 537 g/mol. The maximum atomic E-state index is 14.0. The number of carbonyl (C=O) groups excluding carboxylic acids is 2. The van der Waals surface area contributed by atoms with Crippen LogP contribution in [-0.4, -0.2) is 35.5 Å². The third-order valence-corrected chi connectivity index (χ3v) is 4.99. The van der Waals surface area contributed by atoms with Crippen molar-refractivity contribution in [2.45, 2.75) is 36.8 Å². The molecule has 2 rings (SSSR count). The van der Waals surface area contributed by atoms with Gasteiger partial charge >= 0.3 is 23.7 Å². The molecule has 0 heterocycles.